The van der Waals surface area contributed by atoms with Gasteiger partial charge in [0.1, 0.15) is 0 Å². The van der Waals surface area contributed by atoms with Crippen LogP contribution in [0.3, 0.4) is 0 Å². The van der Waals surface area contributed by atoms with Crippen LogP contribution in [0.25, 0.3) is 0 Å². The predicted molar refractivity (Wildman–Crippen MR) is 74.0 cm³/mol. The highest BCUT2D eigenvalue weighted by molar-refractivity contribution is 7.89. The first-order valence-electron chi connectivity index (χ1n) is 5.83. The van der Waals surface area contributed by atoms with E-state index in [1.54, 1.807) is 26.2 Å². The Bertz CT molecular complexity index is 607. The van der Waals surface area contributed by atoms with E-state index in [1.165, 1.54) is 17.0 Å². The normalized spacial score (nSPS) is 10.9. The van der Waals surface area contributed by atoms with Crippen molar-refractivity contribution >= 4 is 21.7 Å². The number of ether oxygens (including phenoxy) is 1. The lowest BCUT2D eigenvalue weighted by Gasteiger charge is -2.10. The van der Waals surface area contributed by atoms with Crippen LogP contribution >= 0.6 is 0 Å². The molecule has 1 aromatic carbocycles. The number of amides is 1. The summed E-state index contributed by atoms with van der Waals surface area (Å²) in [6.07, 6.45) is 1.12. The van der Waals surface area contributed by atoms with Gasteiger partial charge >= 0.3 is 5.97 Å². The summed E-state index contributed by atoms with van der Waals surface area (Å²) in [5.74, 6) is -1.13. The zero-order valence-electron chi connectivity index (χ0n) is 11.6. The Kier molecular flexibility index (Phi) is 5.26. The second-order valence-corrected chi connectivity index (χ2v) is 6.77. The number of likely N-dealkylation sites (N-methyl/N-ethyl adjacent to an activating group) is 1. The average Bonchev–Trinajstić information content (AvgIpc) is 2.33. The van der Waals surface area contributed by atoms with E-state index in [1.807, 2.05) is 0 Å². The topological polar surface area (TPSA) is 80.8 Å². The number of sulfone groups is 1. The van der Waals surface area contributed by atoms with Crippen LogP contribution in [0.1, 0.15) is 15.9 Å². The number of carbonyl (C=O) groups is 2. The number of esters is 1. The van der Waals surface area contributed by atoms with Crippen molar-refractivity contribution in [3.8, 4) is 0 Å². The van der Waals surface area contributed by atoms with Gasteiger partial charge in [0.2, 0.25) is 0 Å². The number of rotatable bonds is 5. The van der Waals surface area contributed by atoms with Crippen LogP contribution in [0, 0.1) is 0 Å². The highest BCUT2D eigenvalue weighted by Gasteiger charge is 2.13. The summed E-state index contributed by atoms with van der Waals surface area (Å²) in [6.45, 7) is -0.345. The van der Waals surface area contributed by atoms with Crippen LogP contribution in [0.2, 0.25) is 0 Å². The lowest BCUT2D eigenvalue weighted by atomic mass is 10.1. The van der Waals surface area contributed by atoms with Gasteiger partial charge in [0.25, 0.3) is 5.91 Å². The molecule has 0 atom stereocenters. The molecule has 0 radical (unpaired) electrons. The van der Waals surface area contributed by atoms with Crippen molar-refractivity contribution in [2.45, 2.75) is 5.75 Å². The molecule has 0 saturated carbocycles. The van der Waals surface area contributed by atoms with E-state index in [0.29, 0.717) is 5.56 Å². The van der Waals surface area contributed by atoms with Gasteiger partial charge in [0.05, 0.1) is 11.3 Å². The molecule has 1 rings (SSSR count). The van der Waals surface area contributed by atoms with Crippen LogP contribution in [0.5, 0.6) is 0 Å². The van der Waals surface area contributed by atoms with E-state index in [-0.39, 0.29) is 23.8 Å². The van der Waals surface area contributed by atoms with Gasteiger partial charge in [-0.25, -0.2) is 13.2 Å². The molecule has 7 heteroatoms. The summed E-state index contributed by atoms with van der Waals surface area (Å²) in [5.41, 5.74) is 0.721. The molecule has 0 aliphatic carbocycles. The van der Waals surface area contributed by atoms with Gasteiger partial charge in [-0.1, -0.05) is 12.1 Å². The maximum absolute atomic E-state index is 11.7. The third-order valence-electron chi connectivity index (χ3n) is 2.42. The molecular formula is C13H17NO5S. The maximum Gasteiger partial charge on any atom is 0.338 e. The number of hydrogen-bond donors (Lipinski definition) is 0. The predicted octanol–water partition coefficient (Wildman–Crippen LogP) is 0.476. The number of nitrogens with zero attached hydrogens (tertiary/aromatic N) is 1. The largest absolute Gasteiger partial charge is 0.452 e. The second-order valence-electron chi connectivity index (χ2n) is 4.63. The van der Waals surface area contributed by atoms with Gasteiger partial charge in [-0.15, -0.1) is 0 Å². The Hall–Kier alpha value is -1.89. The SMILES string of the molecule is CN(C)C(=O)COC(=O)c1cccc(CS(C)(=O)=O)c1. The van der Waals surface area contributed by atoms with E-state index in [4.69, 9.17) is 4.74 Å². The fourth-order valence-electron chi connectivity index (χ4n) is 1.43. The van der Waals surface area contributed by atoms with Crippen LogP contribution in [-0.4, -0.2) is 52.2 Å². The molecule has 0 aliphatic heterocycles. The fourth-order valence-corrected chi connectivity index (χ4v) is 2.22. The van der Waals surface area contributed by atoms with Crippen molar-refractivity contribution in [2.75, 3.05) is 27.0 Å². The van der Waals surface area contributed by atoms with Crippen molar-refractivity contribution in [1.29, 1.82) is 0 Å². The van der Waals surface area contributed by atoms with E-state index in [2.05, 4.69) is 0 Å². The lowest BCUT2D eigenvalue weighted by Crippen LogP contribution is -2.27. The van der Waals surface area contributed by atoms with Gasteiger partial charge in [0, 0.05) is 20.4 Å². The second kappa shape index (κ2) is 6.51. The van der Waals surface area contributed by atoms with E-state index in [9.17, 15) is 18.0 Å². The van der Waals surface area contributed by atoms with Crippen molar-refractivity contribution < 1.29 is 22.7 Å². The molecule has 0 unspecified atom stereocenters. The van der Waals surface area contributed by atoms with Crippen molar-refractivity contribution in [1.82, 2.24) is 4.90 Å². The zero-order chi connectivity index (χ0) is 15.3. The van der Waals surface area contributed by atoms with Gasteiger partial charge in [-0.05, 0) is 17.7 Å². The van der Waals surface area contributed by atoms with Crippen LogP contribution in [0.4, 0.5) is 0 Å². The molecule has 0 fully saturated rings. The quantitative estimate of drug-likeness (QED) is 0.739. The first kappa shape index (κ1) is 16.2. The summed E-state index contributed by atoms with van der Waals surface area (Å²) < 4.78 is 27.3. The van der Waals surface area contributed by atoms with Crippen molar-refractivity contribution in [2.24, 2.45) is 0 Å². The highest BCUT2D eigenvalue weighted by Crippen LogP contribution is 2.10. The minimum Gasteiger partial charge on any atom is -0.452 e. The fraction of sp³-hybridized carbons (Fsp3) is 0.385. The summed E-state index contributed by atoms with van der Waals surface area (Å²) in [7, 11) is -0.0526. The smallest absolute Gasteiger partial charge is 0.338 e. The van der Waals surface area contributed by atoms with E-state index >= 15 is 0 Å². The first-order valence-corrected chi connectivity index (χ1v) is 7.89. The highest BCUT2D eigenvalue weighted by atomic mass is 32.2. The molecule has 20 heavy (non-hydrogen) atoms. The van der Waals surface area contributed by atoms with Gasteiger partial charge in [-0.2, -0.15) is 0 Å². The van der Waals surface area contributed by atoms with Crippen LogP contribution < -0.4 is 0 Å². The number of hydrogen-bond acceptors (Lipinski definition) is 5. The molecule has 0 saturated heterocycles. The Balaban J connectivity index is 2.74. The molecule has 0 heterocycles. The Morgan fingerprint density at radius 2 is 1.90 bits per heavy atom. The molecule has 0 N–H and O–H groups in total. The van der Waals surface area contributed by atoms with Crippen LogP contribution in [-0.2, 0) is 25.1 Å². The minimum absolute atomic E-state index is 0.148. The summed E-state index contributed by atoms with van der Waals surface area (Å²) in [4.78, 5) is 24.4. The van der Waals surface area contributed by atoms with E-state index < -0.39 is 15.8 Å². The Labute approximate surface area is 118 Å². The molecule has 1 amide bonds. The number of benzene rings is 1. The van der Waals surface area contributed by atoms with E-state index in [0.717, 1.165) is 6.26 Å². The average molecular weight is 299 g/mol. The van der Waals surface area contributed by atoms with Gasteiger partial charge < -0.3 is 9.64 Å². The summed E-state index contributed by atoms with van der Waals surface area (Å²) >= 11 is 0. The molecule has 1 aromatic rings. The van der Waals surface area contributed by atoms with Crippen molar-refractivity contribution in [3.05, 3.63) is 35.4 Å². The molecule has 0 bridgehead atoms. The maximum atomic E-state index is 11.7. The zero-order valence-corrected chi connectivity index (χ0v) is 12.4. The minimum atomic E-state index is -3.17. The molecule has 0 aromatic heterocycles. The molecule has 0 spiro atoms. The molecule has 6 nitrogen and oxygen atoms in total. The van der Waals surface area contributed by atoms with Gasteiger partial charge in [0.15, 0.2) is 16.4 Å². The van der Waals surface area contributed by atoms with Gasteiger partial charge in [-0.3, -0.25) is 4.79 Å². The Morgan fingerprint density at radius 1 is 1.25 bits per heavy atom. The third kappa shape index (κ3) is 5.40. The van der Waals surface area contributed by atoms with Crippen molar-refractivity contribution in [3.63, 3.8) is 0 Å². The first-order chi connectivity index (χ1) is 9.19. The standard InChI is InChI=1S/C13H17NO5S/c1-14(2)12(15)8-19-13(16)11-6-4-5-10(7-11)9-20(3,17)18/h4-7H,8-9H2,1-3H3. The molecule has 0 aliphatic rings. The molecule has 110 valence electrons. The summed E-state index contributed by atoms with van der Waals surface area (Å²) in [5, 5.41) is 0. The van der Waals surface area contributed by atoms with Crippen LogP contribution in [0.15, 0.2) is 24.3 Å². The lowest BCUT2D eigenvalue weighted by molar-refractivity contribution is -0.131. The Morgan fingerprint density at radius 3 is 2.45 bits per heavy atom. The third-order valence-corrected chi connectivity index (χ3v) is 3.27. The molecular weight excluding hydrogens is 282 g/mol. The summed E-state index contributed by atoms with van der Waals surface area (Å²) in [6, 6.07) is 6.14. The monoisotopic (exact) mass is 299 g/mol. The number of carbonyl (C=O) groups excluding carboxylic acids is 2.